The summed E-state index contributed by atoms with van der Waals surface area (Å²) in [6.45, 7) is 0. The molecule has 3 unspecified atom stereocenters. The Bertz CT molecular complexity index is 483. The first-order valence-electron chi connectivity index (χ1n) is 7.42. The van der Waals surface area contributed by atoms with Crippen molar-refractivity contribution in [1.82, 2.24) is 9.97 Å². The Labute approximate surface area is 108 Å². The standard InChI is InChI=1S/C15H21N3/c1-16-14-11-3-2-4-13(11)17-15(18-14)12-8-9-5-6-10(12)7-9/h9-10,12H,2-8H2,1H3,(H,16,17,18). The van der Waals surface area contributed by atoms with Gasteiger partial charge in [0.25, 0.3) is 0 Å². The van der Waals surface area contributed by atoms with Crippen LogP contribution in [0.15, 0.2) is 0 Å². The molecule has 3 atom stereocenters. The Morgan fingerprint density at radius 3 is 2.78 bits per heavy atom. The van der Waals surface area contributed by atoms with Gasteiger partial charge in [-0.25, -0.2) is 9.97 Å². The first-order valence-corrected chi connectivity index (χ1v) is 7.42. The number of rotatable bonds is 2. The van der Waals surface area contributed by atoms with Crippen molar-refractivity contribution in [1.29, 1.82) is 0 Å². The van der Waals surface area contributed by atoms with Gasteiger partial charge in [0.1, 0.15) is 11.6 Å². The number of anilines is 1. The Morgan fingerprint density at radius 1 is 1.11 bits per heavy atom. The Kier molecular flexibility index (Phi) is 2.36. The fourth-order valence-electron chi connectivity index (χ4n) is 4.39. The predicted octanol–water partition coefficient (Wildman–Crippen LogP) is 2.91. The molecule has 18 heavy (non-hydrogen) atoms. The van der Waals surface area contributed by atoms with Crippen molar-refractivity contribution >= 4 is 5.82 Å². The number of fused-ring (bicyclic) bond motifs is 3. The van der Waals surface area contributed by atoms with Crippen LogP contribution < -0.4 is 5.32 Å². The van der Waals surface area contributed by atoms with Gasteiger partial charge in [-0.05, 0) is 50.4 Å². The van der Waals surface area contributed by atoms with E-state index in [4.69, 9.17) is 9.97 Å². The normalized spacial score (nSPS) is 32.8. The summed E-state index contributed by atoms with van der Waals surface area (Å²) in [6.07, 6.45) is 9.18. The molecule has 0 radical (unpaired) electrons. The second kappa shape index (κ2) is 3.94. The Hall–Kier alpha value is -1.12. The van der Waals surface area contributed by atoms with E-state index >= 15 is 0 Å². The van der Waals surface area contributed by atoms with E-state index in [-0.39, 0.29) is 0 Å². The van der Waals surface area contributed by atoms with Crippen molar-refractivity contribution in [2.75, 3.05) is 12.4 Å². The first-order chi connectivity index (χ1) is 8.85. The molecule has 4 rings (SSSR count). The lowest BCUT2D eigenvalue weighted by Gasteiger charge is -2.21. The number of aromatic nitrogens is 2. The van der Waals surface area contributed by atoms with Gasteiger partial charge in [0.2, 0.25) is 0 Å². The summed E-state index contributed by atoms with van der Waals surface area (Å²) < 4.78 is 0. The third-order valence-corrected chi connectivity index (χ3v) is 5.26. The monoisotopic (exact) mass is 243 g/mol. The van der Waals surface area contributed by atoms with Crippen LogP contribution in [-0.2, 0) is 12.8 Å². The molecule has 1 aromatic heterocycles. The highest BCUT2D eigenvalue weighted by Gasteiger charge is 2.42. The summed E-state index contributed by atoms with van der Waals surface area (Å²) in [5.74, 6) is 4.75. The van der Waals surface area contributed by atoms with Crippen molar-refractivity contribution in [3.05, 3.63) is 17.1 Å². The molecule has 3 nitrogen and oxygen atoms in total. The van der Waals surface area contributed by atoms with E-state index in [1.54, 1.807) is 0 Å². The van der Waals surface area contributed by atoms with Crippen LogP contribution in [-0.4, -0.2) is 17.0 Å². The molecule has 2 saturated carbocycles. The van der Waals surface area contributed by atoms with E-state index in [1.165, 1.54) is 43.4 Å². The van der Waals surface area contributed by atoms with Crippen LogP contribution in [0.2, 0.25) is 0 Å². The number of aryl methyl sites for hydroxylation is 1. The molecular formula is C15H21N3. The topological polar surface area (TPSA) is 37.8 Å². The van der Waals surface area contributed by atoms with E-state index < -0.39 is 0 Å². The van der Waals surface area contributed by atoms with Crippen LogP contribution in [0.3, 0.4) is 0 Å². The van der Waals surface area contributed by atoms with Crippen LogP contribution >= 0.6 is 0 Å². The van der Waals surface area contributed by atoms with Gasteiger partial charge in [-0.2, -0.15) is 0 Å². The average molecular weight is 243 g/mol. The zero-order valence-corrected chi connectivity index (χ0v) is 11.1. The Balaban J connectivity index is 1.73. The maximum atomic E-state index is 4.91. The molecule has 0 amide bonds. The summed E-state index contributed by atoms with van der Waals surface area (Å²) in [5.41, 5.74) is 2.71. The summed E-state index contributed by atoms with van der Waals surface area (Å²) in [4.78, 5) is 9.75. The molecule has 0 aromatic carbocycles. The predicted molar refractivity (Wildman–Crippen MR) is 71.8 cm³/mol. The minimum Gasteiger partial charge on any atom is -0.373 e. The first kappa shape index (κ1) is 10.8. The number of nitrogens with one attached hydrogen (secondary N) is 1. The molecule has 96 valence electrons. The molecule has 1 aromatic rings. The van der Waals surface area contributed by atoms with Gasteiger partial charge in [-0.1, -0.05) is 6.42 Å². The maximum Gasteiger partial charge on any atom is 0.134 e. The van der Waals surface area contributed by atoms with Gasteiger partial charge in [0.05, 0.1) is 0 Å². The lowest BCUT2D eigenvalue weighted by atomic mass is 9.88. The number of nitrogens with zero attached hydrogens (tertiary/aromatic N) is 2. The minimum absolute atomic E-state index is 0.654. The van der Waals surface area contributed by atoms with Gasteiger partial charge in [-0.3, -0.25) is 0 Å². The fraction of sp³-hybridized carbons (Fsp3) is 0.733. The lowest BCUT2D eigenvalue weighted by Crippen LogP contribution is -2.15. The molecule has 0 spiro atoms. The zero-order chi connectivity index (χ0) is 12.1. The third kappa shape index (κ3) is 1.49. The van der Waals surface area contributed by atoms with Crippen LogP contribution in [0.5, 0.6) is 0 Å². The lowest BCUT2D eigenvalue weighted by molar-refractivity contribution is 0.405. The maximum absolute atomic E-state index is 4.91. The second-order valence-electron chi connectivity index (χ2n) is 6.24. The van der Waals surface area contributed by atoms with Gasteiger partial charge >= 0.3 is 0 Å². The second-order valence-corrected chi connectivity index (χ2v) is 6.24. The summed E-state index contributed by atoms with van der Waals surface area (Å²) in [5, 5.41) is 3.28. The van der Waals surface area contributed by atoms with Gasteiger partial charge in [-0.15, -0.1) is 0 Å². The molecule has 3 aliphatic carbocycles. The van der Waals surface area contributed by atoms with Crippen LogP contribution in [0, 0.1) is 11.8 Å². The average Bonchev–Trinajstić information content (AvgIpc) is 3.12. The van der Waals surface area contributed by atoms with Crippen molar-refractivity contribution < 1.29 is 0 Å². The van der Waals surface area contributed by atoms with E-state index in [0.29, 0.717) is 5.92 Å². The van der Waals surface area contributed by atoms with Crippen molar-refractivity contribution in [3.63, 3.8) is 0 Å². The SMILES string of the molecule is CNc1nc(C2CC3CCC2C3)nc2c1CCC2. The molecule has 0 saturated heterocycles. The van der Waals surface area contributed by atoms with E-state index in [9.17, 15) is 0 Å². The smallest absolute Gasteiger partial charge is 0.134 e. The van der Waals surface area contributed by atoms with Crippen LogP contribution in [0.25, 0.3) is 0 Å². The zero-order valence-electron chi connectivity index (χ0n) is 11.1. The quantitative estimate of drug-likeness (QED) is 0.868. The molecule has 3 heteroatoms. The molecule has 0 aliphatic heterocycles. The van der Waals surface area contributed by atoms with Crippen molar-refractivity contribution in [3.8, 4) is 0 Å². The van der Waals surface area contributed by atoms with E-state index in [2.05, 4.69) is 5.32 Å². The molecule has 2 fully saturated rings. The molecular weight excluding hydrogens is 222 g/mol. The van der Waals surface area contributed by atoms with Crippen LogP contribution in [0.4, 0.5) is 5.82 Å². The number of hydrogen-bond acceptors (Lipinski definition) is 3. The highest BCUT2D eigenvalue weighted by molar-refractivity contribution is 5.48. The minimum atomic E-state index is 0.654. The Morgan fingerprint density at radius 2 is 2.06 bits per heavy atom. The van der Waals surface area contributed by atoms with Crippen LogP contribution in [0.1, 0.15) is 55.1 Å². The van der Waals surface area contributed by atoms with Crippen molar-refractivity contribution in [2.24, 2.45) is 11.8 Å². The summed E-state index contributed by atoms with van der Waals surface area (Å²) >= 11 is 0. The van der Waals surface area contributed by atoms with E-state index in [1.807, 2.05) is 7.05 Å². The van der Waals surface area contributed by atoms with Gasteiger partial charge in [0.15, 0.2) is 0 Å². The third-order valence-electron chi connectivity index (χ3n) is 5.26. The molecule has 1 N–H and O–H groups in total. The molecule has 3 aliphatic rings. The summed E-state index contributed by atoms with van der Waals surface area (Å²) in [7, 11) is 1.99. The fourth-order valence-corrected chi connectivity index (χ4v) is 4.39. The number of hydrogen-bond donors (Lipinski definition) is 1. The largest absolute Gasteiger partial charge is 0.373 e. The van der Waals surface area contributed by atoms with Gasteiger partial charge in [0, 0.05) is 24.2 Å². The molecule has 2 bridgehead atoms. The summed E-state index contributed by atoms with van der Waals surface area (Å²) in [6, 6.07) is 0. The highest BCUT2D eigenvalue weighted by Crippen LogP contribution is 2.52. The van der Waals surface area contributed by atoms with Crippen molar-refractivity contribution in [2.45, 2.75) is 50.9 Å². The molecule has 1 heterocycles. The van der Waals surface area contributed by atoms with E-state index in [0.717, 1.165) is 36.3 Å². The highest BCUT2D eigenvalue weighted by atomic mass is 15.0. The van der Waals surface area contributed by atoms with Gasteiger partial charge < -0.3 is 5.32 Å².